The Kier molecular flexibility index (Phi) is 4.08. The van der Waals surface area contributed by atoms with Gasteiger partial charge in [-0.05, 0) is 43.4 Å². The normalized spacial score (nSPS) is 12.9. The van der Waals surface area contributed by atoms with Crippen molar-refractivity contribution in [3.05, 3.63) is 35.1 Å². The van der Waals surface area contributed by atoms with Crippen molar-refractivity contribution in [3.8, 4) is 0 Å². The Morgan fingerprint density at radius 1 is 1.43 bits per heavy atom. The lowest BCUT2D eigenvalue weighted by molar-refractivity contribution is 0.160. The van der Waals surface area contributed by atoms with Crippen LogP contribution in [0.5, 0.6) is 0 Å². The fraction of sp³-hybridized carbons (Fsp3) is 0.500. The molecule has 0 amide bonds. The van der Waals surface area contributed by atoms with Gasteiger partial charge in [0.2, 0.25) is 0 Å². The van der Waals surface area contributed by atoms with Crippen molar-refractivity contribution >= 4 is 0 Å². The first-order chi connectivity index (χ1) is 6.63. The van der Waals surface area contributed by atoms with E-state index in [4.69, 9.17) is 0 Å². The molecule has 0 saturated carbocycles. The van der Waals surface area contributed by atoms with E-state index >= 15 is 0 Å². The zero-order valence-corrected chi connectivity index (χ0v) is 8.76. The number of hydrogen-bond acceptors (Lipinski definition) is 1. The van der Waals surface area contributed by atoms with Gasteiger partial charge in [-0.1, -0.05) is 19.1 Å². The zero-order chi connectivity index (χ0) is 10.6. The summed E-state index contributed by atoms with van der Waals surface area (Å²) in [5.74, 6) is -0.162. The van der Waals surface area contributed by atoms with E-state index in [-0.39, 0.29) is 11.9 Å². The molecule has 0 saturated heterocycles. The fourth-order valence-electron chi connectivity index (χ4n) is 1.40. The highest BCUT2D eigenvalue weighted by atomic mass is 19.1. The molecule has 1 unspecified atom stereocenters. The molecule has 0 aliphatic heterocycles. The first-order valence-electron chi connectivity index (χ1n) is 5.06. The van der Waals surface area contributed by atoms with Gasteiger partial charge in [0.25, 0.3) is 0 Å². The maximum atomic E-state index is 12.9. The predicted molar refractivity (Wildman–Crippen MR) is 55.8 cm³/mol. The lowest BCUT2D eigenvalue weighted by Crippen LogP contribution is -2.05. The highest BCUT2D eigenvalue weighted by Gasteiger charge is 2.03. The smallest absolute Gasteiger partial charge is 0.126 e. The molecule has 1 aromatic carbocycles. The van der Waals surface area contributed by atoms with Crippen LogP contribution in [0.2, 0.25) is 0 Å². The molecule has 0 heterocycles. The Labute approximate surface area is 84.6 Å². The van der Waals surface area contributed by atoms with Crippen molar-refractivity contribution in [2.24, 2.45) is 0 Å². The van der Waals surface area contributed by atoms with Crippen molar-refractivity contribution in [3.63, 3.8) is 0 Å². The second kappa shape index (κ2) is 5.11. The number of aryl methyl sites for hydroxylation is 2. The molecule has 1 aromatic rings. The van der Waals surface area contributed by atoms with Crippen molar-refractivity contribution in [1.82, 2.24) is 0 Å². The van der Waals surface area contributed by atoms with Crippen LogP contribution in [0.25, 0.3) is 0 Å². The molecule has 0 radical (unpaired) electrons. The van der Waals surface area contributed by atoms with Crippen LogP contribution >= 0.6 is 0 Å². The summed E-state index contributed by atoms with van der Waals surface area (Å²) < 4.78 is 12.9. The Hall–Kier alpha value is -0.890. The molecule has 1 atom stereocenters. The van der Waals surface area contributed by atoms with Gasteiger partial charge in [0.1, 0.15) is 5.82 Å². The average Bonchev–Trinajstić information content (AvgIpc) is 2.19. The van der Waals surface area contributed by atoms with Crippen molar-refractivity contribution in [2.45, 2.75) is 39.2 Å². The lowest BCUT2D eigenvalue weighted by Gasteiger charge is -2.07. The van der Waals surface area contributed by atoms with Crippen molar-refractivity contribution in [2.75, 3.05) is 0 Å². The highest BCUT2D eigenvalue weighted by molar-refractivity contribution is 5.23. The average molecular weight is 196 g/mol. The summed E-state index contributed by atoms with van der Waals surface area (Å²) in [6.45, 7) is 3.72. The summed E-state index contributed by atoms with van der Waals surface area (Å²) in [7, 11) is 0. The van der Waals surface area contributed by atoms with Crippen LogP contribution in [0.15, 0.2) is 18.2 Å². The van der Waals surface area contributed by atoms with Gasteiger partial charge in [0.15, 0.2) is 0 Å². The second-order valence-electron chi connectivity index (χ2n) is 3.68. The molecule has 1 nitrogen and oxygen atoms in total. The molecule has 2 heteroatoms. The Balaban J connectivity index is 2.55. The van der Waals surface area contributed by atoms with Crippen LogP contribution in [0, 0.1) is 12.7 Å². The molecular weight excluding hydrogens is 179 g/mol. The molecule has 0 aliphatic rings. The molecule has 1 N–H and O–H groups in total. The van der Waals surface area contributed by atoms with Crippen LogP contribution in [0.3, 0.4) is 0 Å². The van der Waals surface area contributed by atoms with Crippen LogP contribution in [0.4, 0.5) is 4.39 Å². The molecule has 78 valence electrons. The molecule has 1 rings (SSSR count). The third-order valence-electron chi connectivity index (χ3n) is 2.46. The highest BCUT2D eigenvalue weighted by Crippen LogP contribution is 2.12. The first-order valence-corrected chi connectivity index (χ1v) is 5.06. The Bertz CT molecular complexity index is 296. The van der Waals surface area contributed by atoms with Crippen molar-refractivity contribution < 1.29 is 9.50 Å². The topological polar surface area (TPSA) is 20.2 Å². The van der Waals surface area contributed by atoms with Gasteiger partial charge in [-0.2, -0.15) is 0 Å². The van der Waals surface area contributed by atoms with Crippen LogP contribution in [-0.2, 0) is 6.42 Å². The summed E-state index contributed by atoms with van der Waals surface area (Å²) in [6.07, 6.45) is 2.11. The summed E-state index contributed by atoms with van der Waals surface area (Å²) >= 11 is 0. The van der Waals surface area contributed by atoms with Gasteiger partial charge in [-0.3, -0.25) is 0 Å². The van der Waals surface area contributed by atoms with E-state index in [1.807, 2.05) is 13.0 Å². The molecule has 14 heavy (non-hydrogen) atoms. The van der Waals surface area contributed by atoms with Gasteiger partial charge in [-0.15, -0.1) is 0 Å². The molecular formula is C12H17FO. The zero-order valence-electron chi connectivity index (χ0n) is 8.76. The van der Waals surface area contributed by atoms with E-state index in [1.54, 1.807) is 13.0 Å². The minimum atomic E-state index is -0.236. The number of hydrogen-bond donors (Lipinski definition) is 1. The standard InChI is InChI=1S/C12H17FO/c1-3-11(14)6-4-10-5-7-12(13)9(2)8-10/h5,7-8,11,14H,3-4,6H2,1-2H3. The van der Waals surface area contributed by atoms with Gasteiger partial charge in [-0.25, -0.2) is 4.39 Å². The van der Waals surface area contributed by atoms with Gasteiger partial charge in [0, 0.05) is 0 Å². The molecule has 0 spiro atoms. The Morgan fingerprint density at radius 2 is 2.14 bits per heavy atom. The third-order valence-corrected chi connectivity index (χ3v) is 2.46. The molecule has 0 bridgehead atoms. The van der Waals surface area contributed by atoms with Crippen LogP contribution in [0.1, 0.15) is 30.9 Å². The number of halogens is 1. The summed E-state index contributed by atoms with van der Waals surface area (Å²) in [4.78, 5) is 0. The maximum absolute atomic E-state index is 12.9. The quantitative estimate of drug-likeness (QED) is 0.785. The van der Waals surface area contributed by atoms with E-state index in [1.165, 1.54) is 6.07 Å². The minimum absolute atomic E-state index is 0.162. The predicted octanol–water partition coefficient (Wildman–Crippen LogP) is 2.84. The van der Waals surface area contributed by atoms with Gasteiger partial charge in [0.05, 0.1) is 6.10 Å². The maximum Gasteiger partial charge on any atom is 0.126 e. The number of benzene rings is 1. The SMILES string of the molecule is CCC(O)CCc1ccc(F)c(C)c1. The molecule has 0 aromatic heterocycles. The first kappa shape index (κ1) is 11.2. The summed E-state index contributed by atoms with van der Waals surface area (Å²) in [5, 5.41) is 9.37. The largest absolute Gasteiger partial charge is 0.393 e. The summed E-state index contributed by atoms with van der Waals surface area (Å²) in [6, 6.07) is 5.12. The van der Waals surface area contributed by atoms with E-state index < -0.39 is 0 Å². The third kappa shape index (κ3) is 3.11. The molecule has 0 aliphatic carbocycles. The van der Waals surface area contributed by atoms with Gasteiger partial charge < -0.3 is 5.11 Å². The number of aliphatic hydroxyl groups excluding tert-OH is 1. The van der Waals surface area contributed by atoms with Crippen molar-refractivity contribution in [1.29, 1.82) is 0 Å². The summed E-state index contributed by atoms with van der Waals surface area (Å²) in [5.41, 5.74) is 1.77. The lowest BCUT2D eigenvalue weighted by atomic mass is 10.0. The van der Waals surface area contributed by atoms with Crippen LogP contribution in [-0.4, -0.2) is 11.2 Å². The fourth-order valence-corrected chi connectivity index (χ4v) is 1.40. The number of aliphatic hydroxyl groups is 1. The van der Waals surface area contributed by atoms with E-state index in [0.29, 0.717) is 5.56 Å². The van der Waals surface area contributed by atoms with E-state index in [0.717, 1.165) is 24.8 Å². The Morgan fingerprint density at radius 3 is 2.71 bits per heavy atom. The number of rotatable bonds is 4. The monoisotopic (exact) mass is 196 g/mol. The molecule has 0 fully saturated rings. The van der Waals surface area contributed by atoms with Gasteiger partial charge >= 0.3 is 0 Å². The van der Waals surface area contributed by atoms with Crippen LogP contribution < -0.4 is 0 Å². The van der Waals surface area contributed by atoms with E-state index in [2.05, 4.69) is 0 Å². The van der Waals surface area contributed by atoms with E-state index in [9.17, 15) is 9.50 Å². The second-order valence-corrected chi connectivity index (χ2v) is 3.68. The minimum Gasteiger partial charge on any atom is -0.393 e.